The van der Waals surface area contributed by atoms with Gasteiger partial charge in [0.15, 0.2) is 5.78 Å². The van der Waals surface area contributed by atoms with E-state index < -0.39 is 17.6 Å². The summed E-state index contributed by atoms with van der Waals surface area (Å²) in [5.74, 6) is 2.64. The molecule has 4 aliphatic carbocycles. The first-order chi connectivity index (χ1) is 18.7. The van der Waals surface area contributed by atoms with Crippen molar-refractivity contribution < 1.29 is 20.1 Å². The minimum Gasteiger partial charge on any atom is -0.393 e. The third-order valence-electron chi connectivity index (χ3n) is 13.6. The maximum absolute atomic E-state index is 14.3. The Morgan fingerprint density at radius 3 is 2.20 bits per heavy atom. The topological polar surface area (TPSA) is 77.8 Å². The molecule has 4 rings (SSSR count). The van der Waals surface area contributed by atoms with Crippen LogP contribution in [0.5, 0.6) is 0 Å². The van der Waals surface area contributed by atoms with Crippen LogP contribution in [0, 0.1) is 69.0 Å². The van der Waals surface area contributed by atoms with Gasteiger partial charge in [-0.05, 0) is 122 Å². The first-order valence-electron chi connectivity index (χ1n) is 17.0. The van der Waals surface area contributed by atoms with Crippen molar-refractivity contribution in [1.29, 1.82) is 0 Å². The summed E-state index contributed by atoms with van der Waals surface area (Å²) >= 11 is 0. The SMILES string of the molecule is CC1=C(C(C)O)C(=O)[C@@]2(C)C(C)C3C(O)C4C(C)C(CC(O)CCC(C)(C)C)CC(C(C)C)C4C[C@@]3(C)C[C@@]2(C)C1. The number of Topliss-reactive ketones (excluding diaryl/α,β-unsaturated/α-hetero) is 1. The van der Waals surface area contributed by atoms with E-state index in [1.807, 2.05) is 6.92 Å². The molecule has 3 saturated carbocycles. The number of ketones is 1. The van der Waals surface area contributed by atoms with Crippen molar-refractivity contribution in [2.24, 2.45) is 69.0 Å². The van der Waals surface area contributed by atoms with Crippen molar-refractivity contribution in [3.63, 3.8) is 0 Å². The van der Waals surface area contributed by atoms with Gasteiger partial charge in [-0.3, -0.25) is 4.79 Å². The zero-order valence-electron chi connectivity index (χ0n) is 28.6. The third-order valence-corrected chi connectivity index (χ3v) is 13.6. The van der Waals surface area contributed by atoms with Gasteiger partial charge in [0, 0.05) is 11.0 Å². The van der Waals surface area contributed by atoms with Gasteiger partial charge in [0.1, 0.15) is 0 Å². The number of aliphatic hydroxyl groups is 3. The van der Waals surface area contributed by atoms with Crippen LogP contribution in [0.1, 0.15) is 128 Å². The molecule has 0 aliphatic heterocycles. The Kier molecular flexibility index (Phi) is 8.92. The highest BCUT2D eigenvalue weighted by Crippen LogP contribution is 2.72. The zero-order valence-corrected chi connectivity index (χ0v) is 28.6. The molecule has 41 heavy (non-hydrogen) atoms. The van der Waals surface area contributed by atoms with Crippen molar-refractivity contribution in [2.45, 2.75) is 146 Å². The molecule has 236 valence electrons. The first kappa shape index (κ1) is 33.2. The number of rotatable bonds is 6. The van der Waals surface area contributed by atoms with E-state index in [0.29, 0.717) is 35.2 Å². The lowest BCUT2D eigenvalue weighted by molar-refractivity contribution is -0.229. The number of hydrogen-bond acceptors (Lipinski definition) is 4. The summed E-state index contributed by atoms with van der Waals surface area (Å²) < 4.78 is 0. The fourth-order valence-corrected chi connectivity index (χ4v) is 11.6. The molecule has 0 heterocycles. The molecule has 10 unspecified atom stereocenters. The number of carbonyl (C=O) groups excluding carboxylic acids is 1. The van der Waals surface area contributed by atoms with Gasteiger partial charge in [0.05, 0.1) is 18.3 Å². The molecule has 13 atom stereocenters. The lowest BCUT2D eigenvalue weighted by atomic mass is 9.35. The average Bonchev–Trinajstić information content (AvgIpc) is 2.80. The van der Waals surface area contributed by atoms with Crippen LogP contribution in [0.3, 0.4) is 0 Å². The van der Waals surface area contributed by atoms with E-state index in [-0.39, 0.29) is 45.9 Å². The summed E-state index contributed by atoms with van der Waals surface area (Å²) in [6, 6.07) is 0. The highest BCUT2D eigenvalue weighted by Gasteiger charge is 2.69. The van der Waals surface area contributed by atoms with Crippen molar-refractivity contribution in [3.05, 3.63) is 11.1 Å². The van der Waals surface area contributed by atoms with Gasteiger partial charge in [-0.25, -0.2) is 0 Å². The minimum atomic E-state index is -0.763. The van der Waals surface area contributed by atoms with Gasteiger partial charge in [-0.1, -0.05) is 74.8 Å². The predicted molar refractivity (Wildman–Crippen MR) is 168 cm³/mol. The molecular weight excluding hydrogens is 508 g/mol. The number of fused-ring (bicyclic) bond motifs is 3. The van der Waals surface area contributed by atoms with Gasteiger partial charge in [-0.2, -0.15) is 0 Å². The van der Waals surface area contributed by atoms with Gasteiger partial charge in [-0.15, -0.1) is 0 Å². The van der Waals surface area contributed by atoms with E-state index in [9.17, 15) is 20.1 Å². The van der Waals surface area contributed by atoms with E-state index in [0.717, 1.165) is 50.5 Å². The Morgan fingerprint density at radius 2 is 1.66 bits per heavy atom. The van der Waals surface area contributed by atoms with Crippen molar-refractivity contribution >= 4 is 5.78 Å². The Labute approximate surface area is 252 Å². The average molecular weight is 573 g/mol. The molecular formula is C37H64O4. The van der Waals surface area contributed by atoms with Crippen LogP contribution in [0.15, 0.2) is 11.1 Å². The highest BCUT2D eigenvalue weighted by molar-refractivity contribution is 6.03. The molecule has 4 aliphatic rings. The normalized spacial score (nSPS) is 46.6. The lowest BCUT2D eigenvalue weighted by Gasteiger charge is -2.69. The summed E-state index contributed by atoms with van der Waals surface area (Å²) in [5.41, 5.74) is 1.02. The van der Waals surface area contributed by atoms with Gasteiger partial charge >= 0.3 is 0 Å². The second-order valence-corrected chi connectivity index (χ2v) is 18.0. The summed E-state index contributed by atoms with van der Waals surface area (Å²) in [6.07, 6.45) is 5.19. The standard InChI is InChI=1S/C37H64O4/c1-20(2)27-16-25(15-26(39)13-14-34(7,8)9)22(4)30-28(27)18-35(10)19-36(11)17-21(3)29(24(6)38)33(41)37(36,12)23(5)31(35)32(30)40/h20,22-28,30-32,38-40H,13-19H2,1-12H3/t22?,23?,24?,25?,26?,27?,28?,30?,31?,32?,35-,36+,37+/m0/s1. The van der Waals surface area contributed by atoms with Crippen LogP contribution in [0.2, 0.25) is 0 Å². The molecule has 0 spiro atoms. The summed E-state index contributed by atoms with van der Waals surface area (Å²) in [5, 5.41) is 34.3. The minimum absolute atomic E-state index is 0.0130. The molecule has 0 bridgehead atoms. The van der Waals surface area contributed by atoms with Crippen molar-refractivity contribution in [2.75, 3.05) is 0 Å². The number of allylic oxidation sites excluding steroid dienone is 1. The maximum atomic E-state index is 14.3. The Hall–Kier alpha value is -0.710. The quantitative estimate of drug-likeness (QED) is 0.303. The van der Waals surface area contributed by atoms with Gasteiger partial charge < -0.3 is 15.3 Å². The van der Waals surface area contributed by atoms with Crippen molar-refractivity contribution in [1.82, 2.24) is 0 Å². The van der Waals surface area contributed by atoms with Crippen molar-refractivity contribution in [3.8, 4) is 0 Å². The fourth-order valence-electron chi connectivity index (χ4n) is 11.6. The Morgan fingerprint density at radius 1 is 1.05 bits per heavy atom. The summed E-state index contributed by atoms with van der Waals surface area (Å²) in [4.78, 5) is 14.3. The van der Waals surface area contributed by atoms with E-state index in [1.165, 1.54) is 0 Å². The molecule has 0 radical (unpaired) electrons. The second kappa shape index (κ2) is 11.0. The molecule has 0 aromatic heterocycles. The molecule has 3 fully saturated rings. The maximum Gasteiger partial charge on any atom is 0.168 e. The van der Waals surface area contributed by atoms with Gasteiger partial charge in [0.25, 0.3) is 0 Å². The van der Waals surface area contributed by atoms with E-state index in [4.69, 9.17) is 0 Å². The van der Waals surface area contributed by atoms with Crippen LogP contribution in [-0.4, -0.2) is 39.4 Å². The van der Waals surface area contributed by atoms with Crippen LogP contribution in [-0.2, 0) is 4.79 Å². The van der Waals surface area contributed by atoms with Crippen LogP contribution < -0.4 is 0 Å². The molecule has 3 N–H and O–H groups in total. The smallest absolute Gasteiger partial charge is 0.168 e. The zero-order chi connectivity index (χ0) is 31.0. The monoisotopic (exact) mass is 572 g/mol. The molecule has 0 amide bonds. The van der Waals surface area contributed by atoms with Crippen LogP contribution >= 0.6 is 0 Å². The molecule has 4 nitrogen and oxygen atoms in total. The van der Waals surface area contributed by atoms with Crippen LogP contribution in [0.4, 0.5) is 0 Å². The predicted octanol–water partition coefficient (Wildman–Crippen LogP) is 7.83. The third kappa shape index (κ3) is 5.43. The van der Waals surface area contributed by atoms with Crippen LogP contribution in [0.25, 0.3) is 0 Å². The Balaban J connectivity index is 1.70. The molecule has 4 heteroatoms. The molecule has 0 saturated heterocycles. The van der Waals surface area contributed by atoms with E-state index in [2.05, 4.69) is 69.2 Å². The Bertz CT molecular complexity index is 1020. The van der Waals surface area contributed by atoms with E-state index >= 15 is 0 Å². The molecule has 0 aromatic rings. The second-order valence-electron chi connectivity index (χ2n) is 18.0. The number of hydrogen-bond donors (Lipinski definition) is 3. The first-order valence-corrected chi connectivity index (χ1v) is 17.0. The van der Waals surface area contributed by atoms with Gasteiger partial charge in [0.2, 0.25) is 0 Å². The number of carbonyl (C=O) groups is 1. The summed E-state index contributed by atoms with van der Waals surface area (Å²) in [7, 11) is 0. The number of aliphatic hydroxyl groups excluding tert-OH is 3. The fraction of sp³-hybridized carbons (Fsp3) is 0.919. The highest BCUT2D eigenvalue weighted by atomic mass is 16.3. The lowest BCUT2D eigenvalue weighted by Crippen LogP contribution is -2.68. The molecule has 0 aromatic carbocycles. The van der Waals surface area contributed by atoms with E-state index in [1.54, 1.807) is 6.92 Å². The summed E-state index contributed by atoms with van der Waals surface area (Å²) in [6.45, 7) is 26.7. The largest absolute Gasteiger partial charge is 0.393 e.